The number of primary amides is 1. The highest BCUT2D eigenvalue weighted by atomic mass is 16.5. The lowest BCUT2D eigenvalue weighted by Crippen LogP contribution is -2.59. The number of methoxy groups -OCH3 is 1. The highest BCUT2D eigenvalue weighted by molar-refractivity contribution is 5.93. The molecule has 0 bridgehead atoms. The highest BCUT2D eigenvalue weighted by Gasteiger charge is 2.32. The van der Waals surface area contributed by atoms with E-state index >= 15 is 0 Å². The summed E-state index contributed by atoms with van der Waals surface area (Å²) in [6, 6.07) is 15.2. The Balaban J connectivity index is 1.33. The number of hydrogen-bond donors (Lipinski definition) is 2. The van der Waals surface area contributed by atoms with E-state index in [1.54, 1.807) is 7.11 Å². The zero-order valence-electron chi connectivity index (χ0n) is 19.2. The number of nitrogens with one attached hydrogen (secondary N) is 1. The van der Waals surface area contributed by atoms with Crippen molar-refractivity contribution in [3.63, 3.8) is 0 Å². The molecule has 2 aliphatic heterocycles. The molecule has 2 saturated heterocycles. The average Bonchev–Trinajstić information content (AvgIpc) is 2.85. The van der Waals surface area contributed by atoms with Crippen LogP contribution in [0.25, 0.3) is 0 Å². The molecule has 0 aromatic heterocycles. The molecule has 2 aliphatic rings. The van der Waals surface area contributed by atoms with Gasteiger partial charge in [-0.15, -0.1) is 0 Å². The zero-order chi connectivity index (χ0) is 23.2. The molecule has 2 heterocycles. The van der Waals surface area contributed by atoms with Crippen molar-refractivity contribution >= 4 is 28.9 Å². The quantitative estimate of drug-likeness (QED) is 0.671. The maximum atomic E-state index is 12.7. The standard InChI is InChI=1S/C25H33N5O3/c1-33-22-11-9-21(10-12-22)29-15-16-30(23(17-29)25(26)32)18-24(31)27-19-5-7-20(8-6-19)28-13-3-2-4-14-28/h5-12,23H,2-4,13-18H2,1H3,(H2,26,32)(H,27,31)/t23-/m1/s1. The van der Waals surface area contributed by atoms with Gasteiger partial charge in [-0.05, 0) is 67.8 Å². The molecule has 33 heavy (non-hydrogen) atoms. The van der Waals surface area contributed by atoms with Crippen molar-refractivity contribution in [2.75, 3.05) is 61.5 Å². The zero-order valence-corrected chi connectivity index (χ0v) is 19.2. The van der Waals surface area contributed by atoms with Gasteiger partial charge in [0, 0.05) is 49.8 Å². The van der Waals surface area contributed by atoms with Gasteiger partial charge in [0.15, 0.2) is 0 Å². The predicted molar refractivity (Wildman–Crippen MR) is 131 cm³/mol. The van der Waals surface area contributed by atoms with Gasteiger partial charge in [-0.1, -0.05) is 0 Å². The summed E-state index contributed by atoms with van der Waals surface area (Å²) < 4.78 is 5.22. The summed E-state index contributed by atoms with van der Waals surface area (Å²) in [5.74, 6) is 0.209. The summed E-state index contributed by atoms with van der Waals surface area (Å²) in [7, 11) is 1.63. The molecule has 0 spiro atoms. The number of carbonyl (C=O) groups excluding carboxylic acids is 2. The van der Waals surface area contributed by atoms with Gasteiger partial charge in [-0.2, -0.15) is 0 Å². The van der Waals surface area contributed by atoms with E-state index in [-0.39, 0.29) is 12.5 Å². The van der Waals surface area contributed by atoms with Crippen molar-refractivity contribution in [2.45, 2.75) is 25.3 Å². The molecule has 4 rings (SSSR count). The Morgan fingerprint density at radius 3 is 2.18 bits per heavy atom. The second-order valence-corrected chi connectivity index (χ2v) is 8.68. The van der Waals surface area contributed by atoms with E-state index in [4.69, 9.17) is 10.5 Å². The lowest BCUT2D eigenvalue weighted by molar-refractivity contribution is -0.125. The van der Waals surface area contributed by atoms with Gasteiger partial charge in [0.25, 0.3) is 0 Å². The van der Waals surface area contributed by atoms with Crippen LogP contribution < -0.4 is 25.6 Å². The SMILES string of the molecule is COc1ccc(N2CCN(CC(=O)Nc3ccc(N4CCCCC4)cc3)[C@@H](C(N)=O)C2)cc1. The number of nitrogens with two attached hydrogens (primary N) is 1. The Bertz CT molecular complexity index is 942. The molecule has 0 aliphatic carbocycles. The molecule has 0 radical (unpaired) electrons. The number of amides is 2. The lowest BCUT2D eigenvalue weighted by atomic mass is 10.1. The fourth-order valence-electron chi connectivity index (χ4n) is 4.60. The maximum Gasteiger partial charge on any atom is 0.238 e. The summed E-state index contributed by atoms with van der Waals surface area (Å²) in [6.07, 6.45) is 3.75. The van der Waals surface area contributed by atoms with E-state index in [9.17, 15) is 9.59 Å². The van der Waals surface area contributed by atoms with Crippen molar-refractivity contribution in [1.82, 2.24) is 4.90 Å². The minimum Gasteiger partial charge on any atom is -0.497 e. The largest absolute Gasteiger partial charge is 0.497 e. The van der Waals surface area contributed by atoms with Crippen LogP contribution >= 0.6 is 0 Å². The highest BCUT2D eigenvalue weighted by Crippen LogP contribution is 2.24. The Kier molecular flexibility index (Phi) is 7.34. The van der Waals surface area contributed by atoms with Crippen molar-refractivity contribution in [2.24, 2.45) is 5.73 Å². The van der Waals surface area contributed by atoms with E-state index in [1.807, 2.05) is 41.3 Å². The number of rotatable bonds is 7. The summed E-state index contributed by atoms with van der Waals surface area (Å²) in [6.45, 7) is 4.01. The molecule has 176 valence electrons. The van der Waals surface area contributed by atoms with Crippen LogP contribution in [-0.2, 0) is 9.59 Å². The number of benzene rings is 2. The molecule has 2 fully saturated rings. The molecule has 1 atom stereocenters. The van der Waals surface area contributed by atoms with Crippen LogP contribution in [0.3, 0.4) is 0 Å². The summed E-state index contributed by atoms with van der Waals surface area (Å²) >= 11 is 0. The topological polar surface area (TPSA) is 91.1 Å². The first-order valence-corrected chi connectivity index (χ1v) is 11.6. The molecule has 0 unspecified atom stereocenters. The van der Waals surface area contributed by atoms with Gasteiger partial charge in [-0.25, -0.2) is 0 Å². The summed E-state index contributed by atoms with van der Waals surface area (Å²) in [5, 5.41) is 2.96. The van der Waals surface area contributed by atoms with Crippen LogP contribution in [0, 0.1) is 0 Å². The first-order chi connectivity index (χ1) is 16.0. The fraction of sp³-hybridized carbons (Fsp3) is 0.440. The Hall–Kier alpha value is -3.26. The number of hydrogen-bond acceptors (Lipinski definition) is 6. The van der Waals surface area contributed by atoms with Gasteiger partial charge in [0.1, 0.15) is 11.8 Å². The summed E-state index contributed by atoms with van der Waals surface area (Å²) in [5.41, 5.74) is 8.64. The van der Waals surface area contributed by atoms with Gasteiger partial charge < -0.3 is 25.6 Å². The van der Waals surface area contributed by atoms with Crippen LogP contribution in [0.15, 0.2) is 48.5 Å². The maximum absolute atomic E-state index is 12.7. The first kappa shape index (κ1) is 22.9. The Morgan fingerprint density at radius 2 is 1.55 bits per heavy atom. The van der Waals surface area contributed by atoms with Gasteiger partial charge >= 0.3 is 0 Å². The molecule has 2 amide bonds. The molecular formula is C25H33N5O3. The Labute approximate surface area is 195 Å². The number of nitrogens with zero attached hydrogens (tertiary/aromatic N) is 3. The lowest BCUT2D eigenvalue weighted by Gasteiger charge is -2.40. The molecule has 0 saturated carbocycles. The minimum atomic E-state index is -0.534. The van der Waals surface area contributed by atoms with Gasteiger partial charge in [0.2, 0.25) is 11.8 Å². The molecule has 2 aromatic carbocycles. The fourth-order valence-corrected chi connectivity index (χ4v) is 4.60. The van der Waals surface area contributed by atoms with Crippen LogP contribution in [-0.4, -0.2) is 69.1 Å². The van der Waals surface area contributed by atoms with E-state index < -0.39 is 11.9 Å². The normalized spacial score (nSPS) is 19.2. The Morgan fingerprint density at radius 1 is 0.909 bits per heavy atom. The average molecular weight is 452 g/mol. The first-order valence-electron chi connectivity index (χ1n) is 11.6. The number of ether oxygens (including phenoxy) is 1. The van der Waals surface area contributed by atoms with Crippen molar-refractivity contribution in [3.8, 4) is 5.75 Å². The molecule has 3 N–H and O–H groups in total. The van der Waals surface area contributed by atoms with Crippen LogP contribution in [0.1, 0.15) is 19.3 Å². The number of piperazine rings is 1. The molecule has 8 nitrogen and oxygen atoms in total. The van der Waals surface area contributed by atoms with E-state index in [1.165, 1.54) is 24.9 Å². The van der Waals surface area contributed by atoms with E-state index in [0.717, 1.165) is 30.2 Å². The third kappa shape index (κ3) is 5.76. The third-order valence-corrected chi connectivity index (χ3v) is 6.48. The monoisotopic (exact) mass is 451 g/mol. The second kappa shape index (κ2) is 10.6. The van der Waals surface area contributed by atoms with Crippen LogP contribution in [0.4, 0.5) is 17.1 Å². The van der Waals surface area contributed by atoms with Crippen molar-refractivity contribution in [3.05, 3.63) is 48.5 Å². The van der Waals surface area contributed by atoms with Crippen LogP contribution in [0.5, 0.6) is 5.75 Å². The van der Waals surface area contributed by atoms with E-state index in [2.05, 4.69) is 27.2 Å². The number of anilines is 3. The molecular weight excluding hydrogens is 418 g/mol. The van der Waals surface area contributed by atoms with E-state index in [0.29, 0.717) is 19.6 Å². The molecule has 2 aromatic rings. The van der Waals surface area contributed by atoms with Crippen molar-refractivity contribution < 1.29 is 14.3 Å². The molecule has 8 heteroatoms. The predicted octanol–water partition coefficient (Wildman–Crippen LogP) is 2.30. The van der Waals surface area contributed by atoms with Crippen molar-refractivity contribution in [1.29, 1.82) is 0 Å². The number of piperidine rings is 1. The van der Waals surface area contributed by atoms with Gasteiger partial charge in [0.05, 0.1) is 13.7 Å². The smallest absolute Gasteiger partial charge is 0.238 e. The third-order valence-electron chi connectivity index (χ3n) is 6.48. The summed E-state index contributed by atoms with van der Waals surface area (Å²) in [4.78, 5) is 31.2. The minimum absolute atomic E-state index is 0.123. The second-order valence-electron chi connectivity index (χ2n) is 8.68. The van der Waals surface area contributed by atoms with Crippen LogP contribution in [0.2, 0.25) is 0 Å². The number of carbonyl (C=O) groups is 2. The van der Waals surface area contributed by atoms with Gasteiger partial charge in [-0.3, -0.25) is 14.5 Å².